The fraction of sp³-hybridized carbons (Fsp3) is 0.207. The van der Waals surface area contributed by atoms with E-state index in [1.54, 1.807) is 30.0 Å². The number of nitrogens with zero attached hydrogens (tertiary/aromatic N) is 3. The molecule has 1 N–H and O–H groups in total. The fourth-order valence-corrected chi connectivity index (χ4v) is 3.93. The van der Waals surface area contributed by atoms with Crippen molar-refractivity contribution in [3.05, 3.63) is 102 Å². The van der Waals surface area contributed by atoms with Crippen LogP contribution in [0.3, 0.4) is 0 Å². The van der Waals surface area contributed by atoms with Crippen molar-refractivity contribution in [2.45, 2.75) is 12.8 Å². The molecule has 4 aromatic rings. The molecule has 0 unspecified atom stereocenters. The Labute approximate surface area is 215 Å². The summed E-state index contributed by atoms with van der Waals surface area (Å²) in [6.07, 6.45) is 0.808. The van der Waals surface area contributed by atoms with E-state index in [4.69, 9.17) is 4.74 Å². The third-order valence-corrected chi connectivity index (χ3v) is 5.78. The lowest BCUT2D eigenvalue weighted by molar-refractivity contribution is -0.134. The van der Waals surface area contributed by atoms with E-state index in [-0.39, 0.29) is 30.6 Å². The number of anilines is 1. The Morgan fingerprint density at radius 3 is 2.32 bits per heavy atom. The van der Waals surface area contributed by atoms with Gasteiger partial charge in [0.25, 0.3) is 0 Å². The molecule has 0 aliphatic rings. The van der Waals surface area contributed by atoms with Gasteiger partial charge in [0, 0.05) is 31.9 Å². The zero-order valence-corrected chi connectivity index (χ0v) is 20.6. The molecule has 0 atom stereocenters. The predicted molar refractivity (Wildman–Crippen MR) is 141 cm³/mol. The van der Waals surface area contributed by atoms with Crippen molar-refractivity contribution < 1.29 is 18.7 Å². The number of rotatable bonds is 11. The Morgan fingerprint density at radius 2 is 1.65 bits per heavy atom. The minimum absolute atomic E-state index is 0.120. The van der Waals surface area contributed by atoms with Gasteiger partial charge in [-0.2, -0.15) is 5.10 Å². The SMILES string of the molecule is COCCCN(CC(=O)Nc1cc(-c2ccccc2)nn1-c1ccc(F)cc1)C(=O)Cc1ccccc1. The van der Waals surface area contributed by atoms with Crippen LogP contribution in [0.2, 0.25) is 0 Å². The van der Waals surface area contributed by atoms with Crippen molar-refractivity contribution in [1.29, 1.82) is 0 Å². The molecule has 0 aliphatic heterocycles. The average Bonchev–Trinajstić information content (AvgIpc) is 3.33. The standard InChI is InChI=1S/C29H29FN4O3/c1-37-18-8-17-33(29(36)19-22-9-4-2-5-10-22)21-28(35)31-27-20-26(23-11-6-3-7-12-23)32-34(27)25-15-13-24(30)14-16-25/h2-7,9-16,20H,8,17-19,21H2,1H3,(H,31,35). The van der Waals surface area contributed by atoms with Gasteiger partial charge in [-0.25, -0.2) is 9.07 Å². The first kappa shape index (κ1) is 25.8. The van der Waals surface area contributed by atoms with Gasteiger partial charge in [0.1, 0.15) is 11.6 Å². The summed E-state index contributed by atoms with van der Waals surface area (Å²) in [6, 6.07) is 26.6. The van der Waals surface area contributed by atoms with Gasteiger partial charge in [-0.05, 0) is 36.2 Å². The van der Waals surface area contributed by atoms with Crippen molar-refractivity contribution in [2.75, 3.05) is 32.1 Å². The topological polar surface area (TPSA) is 76.5 Å². The first-order valence-corrected chi connectivity index (χ1v) is 12.1. The van der Waals surface area contributed by atoms with E-state index in [9.17, 15) is 14.0 Å². The molecule has 0 bridgehead atoms. The quantitative estimate of drug-likeness (QED) is 0.302. The van der Waals surface area contributed by atoms with Gasteiger partial charge in [-0.1, -0.05) is 60.7 Å². The second-order valence-corrected chi connectivity index (χ2v) is 8.54. The molecule has 0 radical (unpaired) electrons. The third-order valence-electron chi connectivity index (χ3n) is 5.78. The van der Waals surface area contributed by atoms with Crippen LogP contribution in [0.4, 0.5) is 10.2 Å². The molecule has 0 fully saturated rings. The number of benzene rings is 3. The molecular formula is C29H29FN4O3. The molecule has 190 valence electrons. The highest BCUT2D eigenvalue weighted by atomic mass is 19.1. The van der Waals surface area contributed by atoms with Gasteiger partial charge in [0.2, 0.25) is 11.8 Å². The number of carbonyl (C=O) groups is 2. The summed E-state index contributed by atoms with van der Waals surface area (Å²) in [5.74, 6) is -0.451. The summed E-state index contributed by atoms with van der Waals surface area (Å²) in [6.45, 7) is 0.749. The number of hydrogen-bond donors (Lipinski definition) is 1. The molecule has 7 nitrogen and oxygen atoms in total. The molecule has 37 heavy (non-hydrogen) atoms. The lowest BCUT2D eigenvalue weighted by atomic mass is 10.1. The highest BCUT2D eigenvalue weighted by Crippen LogP contribution is 2.25. The van der Waals surface area contributed by atoms with Crippen molar-refractivity contribution >= 4 is 17.6 Å². The second kappa shape index (κ2) is 12.6. The van der Waals surface area contributed by atoms with E-state index in [0.29, 0.717) is 36.8 Å². The van der Waals surface area contributed by atoms with Gasteiger partial charge in [-0.3, -0.25) is 9.59 Å². The smallest absolute Gasteiger partial charge is 0.245 e. The van der Waals surface area contributed by atoms with Crippen LogP contribution in [0, 0.1) is 5.82 Å². The van der Waals surface area contributed by atoms with Gasteiger partial charge in [-0.15, -0.1) is 0 Å². The van der Waals surface area contributed by atoms with Crippen LogP contribution in [-0.2, 0) is 20.7 Å². The van der Waals surface area contributed by atoms with Crippen molar-refractivity contribution in [3.63, 3.8) is 0 Å². The summed E-state index contributed by atoms with van der Waals surface area (Å²) < 4.78 is 20.2. The normalized spacial score (nSPS) is 10.8. The van der Waals surface area contributed by atoms with Gasteiger partial charge < -0.3 is 15.0 Å². The number of nitrogens with one attached hydrogen (secondary N) is 1. The Kier molecular flexibility index (Phi) is 8.78. The first-order valence-electron chi connectivity index (χ1n) is 12.1. The Balaban J connectivity index is 1.55. The molecule has 0 saturated carbocycles. The third kappa shape index (κ3) is 7.11. The maximum absolute atomic E-state index is 13.5. The molecule has 4 rings (SSSR count). The number of halogens is 1. The number of carbonyl (C=O) groups excluding carboxylic acids is 2. The van der Waals surface area contributed by atoms with Crippen LogP contribution in [0.25, 0.3) is 16.9 Å². The second-order valence-electron chi connectivity index (χ2n) is 8.54. The van der Waals surface area contributed by atoms with E-state index >= 15 is 0 Å². The fourth-order valence-electron chi connectivity index (χ4n) is 3.93. The molecule has 0 spiro atoms. The number of methoxy groups -OCH3 is 1. The van der Waals surface area contributed by atoms with Gasteiger partial charge >= 0.3 is 0 Å². The number of aromatic nitrogens is 2. The maximum Gasteiger partial charge on any atom is 0.245 e. The average molecular weight is 501 g/mol. The molecule has 2 amide bonds. The molecule has 1 heterocycles. The van der Waals surface area contributed by atoms with Crippen LogP contribution >= 0.6 is 0 Å². The van der Waals surface area contributed by atoms with Crippen LogP contribution in [0.15, 0.2) is 91.0 Å². The summed E-state index contributed by atoms with van der Waals surface area (Å²) in [4.78, 5) is 27.8. The summed E-state index contributed by atoms with van der Waals surface area (Å²) in [7, 11) is 1.60. The van der Waals surface area contributed by atoms with E-state index in [0.717, 1.165) is 11.1 Å². The van der Waals surface area contributed by atoms with E-state index < -0.39 is 0 Å². The summed E-state index contributed by atoms with van der Waals surface area (Å²) >= 11 is 0. The number of ether oxygens (including phenoxy) is 1. The van der Waals surface area contributed by atoms with Crippen LogP contribution < -0.4 is 5.32 Å². The molecule has 0 saturated heterocycles. The maximum atomic E-state index is 13.5. The number of hydrogen-bond acceptors (Lipinski definition) is 4. The zero-order valence-electron chi connectivity index (χ0n) is 20.6. The zero-order chi connectivity index (χ0) is 26.0. The lowest BCUT2D eigenvalue weighted by Crippen LogP contribution is -2.40. The Bertz CT molecular complexity index is 1310. The lowest BCUT2D eigenvalue weighted by Gasteiger charge is -2.22. The van der Waals surface area contributed by atoms with Gasteiger partial charge in [0.15, 0.2) is 0 Å². The minimum Gasteiger partial charge on any atom is -0.385 e. The molecule has 3 aromatic carbocycles. The largest absolute Gasteiger partial charge is 0.385 e. The van der Waals surface area contributed by atoms with Gasteiger partial charge in [0.05, 0.1) is 24.3 Å². The van der Waals surface area contributed by atoms with Crippen molar-refractivity contribution in [1.82, 2.24) is 14.7 Å². The van der Waals surface area contributed by atoms with E-state index in [1.165, 1.54) is 17.0 Å². The molecule has 0 aliphatic carbocycles. The monoisotopic (exact) mass is 500 g/mol. The van der Waals surface area contributed by atoms with Crippen LogP contribution in [0.5, 0.6) is 0 Å². The van der Waals surface area contributed by atoms with Crippen molar-refractivity contribution in [2.24, 2.45) is 0 Å². The van der Waals surface area contributed by atoms with Crippen molar-refractivity contribution in [3.8, 4) is 16.9 Å². The minimum atomic E-state index is -0.367. The van der Waals surface area contributed by atoms with Crippen LogP contribution in [0.1, 0.15) is 12.0 Å². The van der Waals surface area contributed by atoms with E-state index in [1.807, 2.05) is 60.7 Å². The molecule has 8 heteroatoms. The summed E-state index contributed by atoms with van der Waals surface area (Å²) in [5.41, 5.74) is 3.00. The Morgan fingerprint density at radius 1 is 0.973 bits per heavy atom. The van der Waals surface area contributed by atoms with Crippen LogP contribution in [-0.4, -0.2) is 53.3 Å². The molecule has 1 aromatic heterocycles. The predicted octanol–water partition coefficient (Wildman–Crippen LogP) is 4.72. The highest BCUT2D eigenvalue weighted by molar-refractivity contribution is 5.95. The summed E-state index contributed by atoms with van der Waals surface area (Å²) in [5, 5.41) is 7.54. The first-order chi connectivity index (χ1) is 18.0. The highest BCUT2D eigenvalue weighted by Gasteiger charge is 2.20. The Hall–Kier alpha value is -4.30. The van der Waals surface area contributed by atoms with E-state index in [2.05, 4.69) is 10.4 Å². The molecular weight excluding hydrogens is 471 g/mol. The number of amides is 2.